The summed E-state index contributed by atoms with van der Waals surface area (Å²) in [7, 11) is 0. The lowest BCUT2D eigenvalue weighted by molar-refractivity contribution is 0.509. The molecule has 0 aliphatic carbocycles. The van der Waals surface area contributed by atoms with Crippen LogP contribution in [0.2, 0.25) is 0 Å². The van der Waals surface area contributed by atoms with Gasteiger partial charge in [-0.2, -0.15) is 0 Å². The van der Waals surface area contributed by atoms with Crippen LogP contribution in [0, 0.1) is 11.6 Å². The fourth-order valence-corrected chi connectivity index (χ4v) is 1.68. The zero-order valence-electron chi connectivity index (χ0n) is 9.45. The van der Waals surface area contributed by atoms with Crippen molar-refractivity contribution < 1.29 is 8.78 Å². The summed E-state index contributed by atoms with van der Waals surface area (Å²) in [5.41, 5.74) is 6.86. The van der Waals surface area contributed by atoms with E-state index < -0.39 is 11.6 Å². The highest BCUT2D eigenvalue weighted by Crippen LogP contribution is 2.25. The van der Waals surface area contributed by atoms with E-state index in [0.29, 0.717) is 17.1 Å². The van der Waals surface area contributed by atoms with Crippen LogP contribution in [0.3, 0.4) is 0 Å². The van der Waals surface area contributed by atoms with Crippen LogP contribution in [0.5, 0.6) is 0 Å². The van der Waals surface area contributed by atoms with Crippen molar-refractivity contribution in [1.82, 2.24) is 9.55 Å². The second-order valence-electron chi connectivity index (χ2n) is 3.80. The zero-order chi connectivity index (χ0) is 12.4. The third kappa shape index (κ3) is 2.13. The minimum atomic E-state index is -0.896. The van der Waals surface area contributed by atoms with Crippen LogP contribution >= 0.6 is 0 Å². The highest BCUT2D eigenvalue weighted by atomic mass is 19.2. The SMILES string of the molecule is CCCn1cnc(-c2ccc(F)c(F)c2)c1N. The summed E-state index contributed by atoms with van der Waals surface area (Å²) in [6.45, 7) is 2.78. The smallest absolute Gasteiger partial charge is 0.159 e. The van der Waals surface area contributed by atoms with Gasteiger partial charge in [0.15, 0.2) is 11.6 Å². The number of benzene rings is 1. The molecule has 0 bridgehead atoms. The van der Waals surface area contributed by atoms with Gasteiger partial charge >= 0.3 is 0 Å². The number of rotatable bonds is 3. The largest absolute Gasteiger partial charge is 0.383 e. The third-order valence-electron chi connectivity index (χ3n) is 2.54. The molecule has 0 amide bonds. The first-order chi connectivity index (χ1) is 8.13. The molecule has 3 nitrogen and oxygen atoms in total. The lowest BCUT2D eigenvalue weighted by atomic mass is 10.1. The van der Waals surface area contributed by atoms with Crippen molar-refractivity contribution in [1.29, 1.82) is 0 Å². The van der Waals surface area contributed by atoms with Gasteiger partial charge in [0.05, 0.1) is 6.33 Å². The van der Waals surface area contributed by atoms with Crippen molar-refractivity contribution in [3.63, 3.8) is 0 Å². The lowest BCUT2D eigenvalue weighted by Crippen LogP contribution is -2.01. The molecule has 0 aliphatic heterocycles. The van der Waals surface area contributed by atoms with Gasteiger partial charge in [0.2, 0.25) is 0 Å². The maximum Gasteiger partial charge on any atom is 0.159 e. The first-order valence-corrected chi connectivity index (χ1v) is 5.39. The first kappa shape index (κ1) is 11.6. The van der Waals surface area contributed by atoms with Crippen molar-refractivity contribution in [2.45, 2.75) is 19.9 Å². The molecule has 5 heteroatoms. The fraction of sp³-hybridized carbons (Fsp3) is 0.250. The van der Waals surface area contributed by atoms with Crippen molar-refractivity contribution in [3.05, 3.63) is 36.2 Å². The van der Waals surface area contributed by atoms with Crippen LogP contribution in [0.15, 0.2) is 24.5 Å². The molecule has 1 heterocycles. The second-order valence-corrected chi connectivity index (χ2v) is 3.80. The lowest BCUT2D eigenvalue weighted by Gasteiger charge is -2.04. The van der Waals surface area contributed by atoms with Gasteiger partial charge in [0.25, 0.3) is 0 Å². The summed E-state index contributed by atoms with van der Waals surface area (Å²) in [5, 5.41) is 0. The number of anilines is 1. The molecular formula is C12H13F2N3. The molecule has 0 saturated heterocycles. The topological polar surface area (TPSA) is 43.8 Å². The average molecular weight is 237 g/mol. The maximum absolute atomic E-state index is 13.1. The number of nitrogen functional groups attached to an aromatic ring is 1. The minimum Gasteiger partial charge on any atom is -0.383 e. The van der Waals surface area contributed by atoms with E-state index in [1.54, 1.807) is 10.9 Å². The van der Waals surface area contributed by atoms with E-state index in [0.717, 1.165) is 25.1 Å². The van der Waals surface area contributed by atoms with Gasteiger partial charge in [0, 0.05) is 12.1 Å². The summed E-state index contributed by atoms with van der Waals surface area (Å²) in [6.07, 6.45) is 2.53. The normalized spacial score (nSPS) is 10.8. The first-order valence-electron chi connectivity index (χ1n) is 5.39. The Bertz CT molecular complexity index is 535. The van der Waals surface area contributed by atoms with Crippen molar-refractivity contribution in [3.8, 4) is 11.3 Å². The van der Waals surface area contributed by atoms with Gasteiger partial charge in [-0.05, 0) is 24.6 Å². The Morgan fingerprint density at radius 1 is 1.29 bits per heavy atom. The zero-order valence-corrected chi connectivity index (χ0v) is 9.45. The minimum absolute atomic E-state index is 0.470. The summed E-state index contributed by atoms with van der Waals surface area (Å²) in [4.78, 5) is 4.12. The van der Waals surface area contributed by atoms with Gasteiger partial charge in [0.1, 0.15) is 11.5 Å². The van der Waals surface area contributed by atoms with Crippen molar-refractivity contribution in [2.24, 2.45) is 0 Å². The molecule has 1 aromatic heterocycles. The summed E-state index contributed by atoms with van der Waals surface area (Å²) in [5.74, 6) is -1.30. The molecule has 2 aromatic rings. The van der Waals surface area contributed by atoms with Crippen molar-refractivity contribution in [2.75, 3.05) is 5.73 Å². The average Bonchev–Trinajstić information content (AvgIpc) is 2.66. The molecular weight excluding hydrogens is 224 g/mol. The number of nitrogens with zero attached hydrogens (tertiary/aromatic N) is 2. The van der Waals surface area contributed by atoms with Gasteiger partial charge in [-0.15, -0.1) is 0 Å². The molecule has 17 heavy (non-hydrogen) atoms. The van der Waals surface area contributed by atoms with Crippen LogP contribution in [0.1, 0.15) is 13.3 Å². The monoisotopic (exact) mass is 237 g/mol. The van der Waals surface area contributed by atoms with Gasteiger partial charge < -0.3 is 10.3 Å². The third-order valence-corrected chi connectivity index (χ3v) is 2.54. The maximum atomic E-state index is 13.1. The van der Waals surface area contributed by atoms with E-state index in [9.17, 15) is 8.78 Å². The number of aromatic nitrogens is 2. The van der Waals surface area contributed by atoms with E-state index in [2.05, 4.69) is 4.98 Å². The molecule has 1 aromatic carbocycles. The fourth-order valence-electron chi connectivity index (χ4n) is 1.68. The highest BCUT2D eigenvalue weighted by Gasteiger charge is 2.11. The van der Waals surface area contributed by atoms with Gasteiger partial charge in [-0.25, -0.2) is 13.8 Å². The molecule has 2 N–H and O–H groups in total. The number of hydrogen-bond donors (Lipinski definition) is 1. The quantitative estimate of drug-likeness (QED) is 0.892. The predicted molar refractivity (Wildman–Crippen MR) is 62.3 cm³/mol. The van der Waals surface area contributed by atoms with Gasteiger partial charge in [-0.1, -0.05) is 6.92 Å². The molecule has 90 valence electrons. The Kier molecular flexibility index (Phi) is 3.08. The molecule has 0 aliphatic rings. The van der Waals surface area contributed by atoms with E-state index in [-0.39, 0.29) is 0 Å². The van der Waals surface area contributed by atoms with Crippen LogP contribution in [-0.2, 0) is 6.54 Å². The molecule has 0 fully saturated rings. The Morgan fingerprint density at radius 2 is 2.06 bits per heavy atom. The van der Waals surface area contributed by atoms with Crippen LogP contribution in [0.25, 0.3) is 11.3 Å². The Morgan fingerprint density at radius 3 is 2.71 bits per heavy atom. The second kappa shape index (κ2) is 4.53. The Labute approximate surface area is 97.9 Å². The summed E-state index contributed by atoms with van der Waals surface area (Å²) < 4.78 is 27.7. The highest BCUT2D eigenvalue weighted by molar-refractivity contribution is 5.70. The number of nitrogens with two attached hydrogens (primary N) is 1. The predicted octanol–water partition coefficient (Wildman–Crippen LogP) is 2.82. The molecule has 0 unspecified atom stereocenters. The van der Waals surface area contributed by atoms with Crippen LogP contribution in [0.4, 0.5) is 14.6 Å². The Balaban J connectivity index is 2.42. The Hall–Kier alpha value is -1.91. The molecule has 0 saturated carbocycles. The number of aryl methyl sites for hydroxylation is 1. The van der Waals surface area contributed by atoms with Crippen LogP contribution < -0.4 is 5.73 Å². The molecule has 0 spiro atoms. The van der Waals surface area contributed by atoms with E-state index in [1.165, 1.54) is 6.07 Å². The van der Waals surface area contributed by atoms with Gasteiger partial charge in [-0.3, -0.25) is 0 Å². The van der Waals surface area contributed by atoms with E-state index in [1.807, 2.05) is 6.92 Å². The number of hydrogen-bond acceptors (Lipinski definition) is 2. The summed E-state index contributed by atoms with van der Waals surface area (Å²) in [6, 6.07) is 3.64. The molecule has 2 rings (SSSR count). The van der Waals surface area contributed by atoms with Crippen molar-refractivity contribution >= 4 is 5.82 Å². The van der Waals surface area contributed by atoms with E-state index in [4.69, 9.17) is 5.73 Å². The number of halogens is 2. The van der Waals surface area contributed by atoms with E-state index >= 15 is 0 Å². The van der Waals surface area contributed by atoms with Crippen LogP contribution in [-0.4, -0.2) is 9.55 Å². The summed E-state index contributed by atoms with van der Waals surface area (Å²) >= 11 is 0. The molecule has 0 atom stereocenters. The number of imidazole rings is 1. The molecule has 0 radical (unpaired) electrons. The standard InChI is InChI=1S/C12H13F2N3/c1-2-5-17-7-16-11(12(17)15)8-3-4-9(13)10(14)6-8/h3-4,6-7H,2,5,15H2,1H3.